The van der Waals surface area contributed by atoms with Crippen molar-refractivity contribution < 1.29 is 18.6 Å². The largest absolute Gasteiger partial charge is 0.444 e. The normalized spacial score (nSPS) is 10.8. The summed E-state index contributed by atoms with van der Waals surface area (Å²) in [6, 6.07) is 0. The van der Waals surface area contributed by atoms with Crippen molar-refractivity contribution in [2.45, 2.75) is 52.1 Å². The molecule has 1 N–H and O–H groups in total. The summed E-state index contributed by atoms with van der Waals surface area (Å²) >= 11 is 4.87. The van der Waals surface area contributed by atoms with Crippen molar-refractivity contribution in [1.29, 1.82) is 0 Å². The molecular formula is C11H20ClNO4. The van der Waals surface area contributed by atoms with Crippen molar-refractivity contribution in [3.05, 3.63) is 0 Å². The summed E-state index contributed by atoms with van der Waals surface area (Å²) in [4.78, 5) is 21.9. The monoisotopic (exact) mass is 265 g/mol. The predicted molar refractivity (Wildman–Crippen MR) is 64.6 cm³/mol. The number of alkyl carbamates (subject to hydrolysis) is 1. The quantitative estimate of drug-likeness (QED) is 0.750. The highest BCUT2D eigenvalue weighted by Crippen LogP contribution is 2.06. The fourth-order valence-electron chi connectivity index (χ4n) is 1.11. The van der Waals surface area contributed by atoms with E-state index in [0.717, 1.165) is 12.8 Å². The Hall–Kier alpha value is -0.970. The lowest BCUT2D eigenvalue weighted by Crippen LogP contribution is -2.32. The first-order valence-corrected chi connectivity index (χ1v) is 5.94. The van der Waals surface area contributed by atoms with E-state index >= 15 is 0 Å². The zero-order valence-corrected chi connectivity index (χ0v) is 11.3. The molecule has 0 heterocycles. The lowest BCUT2D eigenvalue weighted by molar-refractivity contribution is -0.134. The second-order valence-corrected chi connectivity index (χ2v) is 4.84. The molecule has 0 fully saturated rings. The van der Waals surface area contributed by atoms with Crippen molar-refractivity contribution in [3.63, 3.8) is 0 Å². The molecule has 1 amide bonds. The van der Waals surface area contributed by atoms with Gasteiger partial charge < -0.3 is 14.3 Å². The van der Waals surface area contributed by atoms with Crippen LogP contribution in [0.25, 0.3) is 0 Å². The van der Waals surface area contributed by atoms with Gasteiger partial charge in [0, 0.05) is 13.0 Å². The summed E-state index contributed by atoms with van der Waals surface area (Å²) in [7, 11) is 0. The van der Waals surface area contributed by atoms with Gasteiger partial charge in [0.05, 0.1) is 0 Å². The van der Waals surface area contributed by atoms with Gasteiger partial charge in [-0.2, -0.15) is 0 Å². The molecule has 5 nitrogen and oxygen atoms in total. The van der Waals surface area contributed by atoms with E-state index in [4.69, 9.17) is 16.6 Å². The Kier molecular flexibility index (Phi) is 7.70. The molecule has 0 unspecified atom stereocenters. The van der Waals surface area contributed by atoms with Crippen molar-refractivity contribution in [1.82, 2.24) is 5.32 Å². The number of nitrogens with one attached hydrogen (secondary N) is 1. The minimum absolute atomic E-state index is 0.302. The van der Waals surface area contributed by atoms with Crippen molar-refractivity contribution >= 4 is 23.9 Å². The van der Waals surface area contributed by atoms with E-state index in [9.17, 15) is 9.59 Å². The molecule has 0 rings (SSSR count). The van der Waals surface area contributed by atoms with E-state index in [1.165, 1.54) is 0 Å². The fourth-order valence-corrected chi connectivity index (χ4v) is 1.19. The van der Waals surface area contributed by atoms with Crippen LogP contribution in [0, 0.1) is 0 Å². The van der Waals surface area contributed by atoms with Gasteiger partial charge in [-0.05, 0) is 33.6 Å². The van der Waals surface area contributed by atoms with Gasteiger partial charge in [-0.3, -0.25) is 4.79 Å². The summed E-state index contributed by atoms with van der Waals surface area (Å²) in [5.74, 6) is -0.424. The molecule has 17 heavy (non-hydrogen) atoms. The third-order valence-electron chi connectivity index (χ3n) is 1.81. The van der Waals surface area contributed by atoms with Crippen LogP contribution in [0.3, 0.4) is 0 Å². The molecule has 0 aromatic heterocycles. The summed E-state index contributed by atoms with van der Waals surface area (Å²) in [6.07, 6.45) is 2.19. The highest BCUT2D eigenvalue weighted by atomic mass is 35.5. The molecule has 100 valence electrons. The maximum Gasteiger partial charge on any atom is 0.407 e. The summed E-state index contributed by atoms with van der Waals surface area (Å²) in [6.45, 7) is 5.96. The van der Waals surface area contributed by atoms with Crippen molar-refractivity contribution in [2.24, 2.45) is 0 Å². The van der Waals surface area contributed by atoms with Gasteiger partial charge in [-0.1, -0.05) is 6.42 Å². The maximum atomic E-state index is 11.2. The summed E-state index contributed by atoms with van der Waals surface area (Å²) in [5, 5.41) is 2.64. The average molecular weight is 266 g/mol. The molecule has 6 heteroatoms. The molecule has 0 radical (unpaired) electrons. The number of ether oxygens (including phenoxy) is 1. The second kappa shape index (κ2) is 8.17. The number of carbonyl (C=O) groups excluding carboxylic acids is 2. The number of rotatable bonds is 6. The third kappa shape index (κ3) is 11.3. The number of hydrogen-bond acceptors (Lipinski definition) is 4. The van der Waals surface area contributed by atoms with Crippen molar-refractivity contribution in [2.75, 3.05) is 6.54 Å². The SMILES string of the molecule is CC(C)(C)OC(=O)NCCCCCC(=O)OCl. The average Bonchev–Trinajstić information content (AvgIpc) is 2.20. The minimum Gasteiger partial charge on any atom is -0.444 e. The number of halogens is 1. The number of hydrogen-bond donors (Lipinski definition) is 1. The fraction of sp³-hybridized carbons (Fsp3) is 0.818. The highest BCUT2D eigenvalue weighted by molar-refractivity contribution is 6.13. The molecule has 0 aromatic carbocycles. The first-order chi connectivity index (χ1) is 7.85. The number of amides is 1. The van der Waals surface area contributed by atoms with Gasteiger partial charge in [0.15, 0.2) is 0 Å². The van der Waals surface area contributed by atoms with Crippen LogP contribution in [0.15, 0.2) is 0 Å². The number of carbonyl (C=O) groups is 2. The van der Waals surface area contributed by atoms with E-state index in [1.807, 2.05) is 20.8 Å². The van der Waals surface area contributed by atoms with Crippen LogP contribution in [0.1, 0.15) is 46.5 Å². The topological polar surface area (TPSA) is 64.6 Å². The standard InChI is InChI=1S/C11H20ClNO4/c1-11(2,3)16-10(15)13-8-6-4-5-7-9(14)17-12/h4-8H2,1-3H3,(H,13,15). The third-order valence-corrected chi connectivity index (χ3v) is 1.98. The Balaban J connectivity index is 3.40. The molecule has 0 aromatic rings. The Morgan fingerprint density at radius 2 is 1.82 bits per heavy atom. The Bertz CT molecular complexity index is 250. The second-order valence-electron chi connectivity index (χ2n) is 4.69. The predicted octanol–water partition coefficient (Wildman–Crippen LogP) is 2.77. The highest BCUT2D eigenvalue weighted by Gasteiger charge is 2.15. The molecule has 0 bridgehead atoms. The van der Waals surface area contributed by atoms with Gasteiger partial charge in [0.1, 0.15) is 17.5 Å². The summed E-state index contributed by atoms with van der Waals surface area (Å²) in [5.41, 5.74) is -0.478. The first-order valence-electron chi connectivity index (χ1n) is 5.63. The molecule has 0 aliphatic carbocycles. The van der Waals surface area contributed by atoms with E-state index in [0.29, 0.717) is 19.4 Å². The zero-order chi connectivity index (χ0) is 13.3. The molecule has 0 saturated heterocycles. The van der Waals surface area contributed by atoms with Crippen LogP contribution >= 0.6 is 11.9 Å². The molecule has 0 atom stereocenters. The van der Waals surface area contributed by atoms with Crippen LogP contribution in [0.5, 0.6) is 0 Å². The van der Waals surface area contributed by atoms with Crippen molar-refractivity contribution in [3.8, 4) is 0 Å². The lowest BCUT2D eigenvalue weighted by Gasteiger charge is -2.19. The Labute approximate surface area is 107 Å². The zero-order valence-electron chi connectivity index (χ0n) is 10.5. The molecule has 0 aliphatic heterocycles. The summed E-state index contributed by atoms with van der Waals surface area (Å²) < 4.78 is 9.05. The van der Waals surface area contributed by atoms with Gasteiger partial charge >= 0.3 is 12.1 Å². The molecule has 0 saturated carbocycles. The van der Waals surface area contributed by atoms with Crippen LogP contribution in [-0.4, -0.2) is 24.2 Å². The van der Waals surface area contributed by atoms with E-state index in [1.54, 1.807) is 0 Å². The van der Waals surface area contributed by atoms with Crippen LogP contribution in [0.2, 0.25) is 0 Å². The van der Waals surface area contributed by atoms with E-state index in [2.05, 4.69) is 9.61 Å². The molecule has 0 spiro atoms. The van der Waals surface area contributed by atoms with Crippen LogP contribution in [0.4, 0.5) is 4.79 Å². The maximum absolute atomic E-state index is 11.2. The Morgan fingerprint density at radius 3 is 2.35 bits per heavy atom. The minimum atomic E-state index is -0.478. The van der Waals surface area contributed by atoms with Gasteiger partial charge in [0.25, 0.3) is 0 Å². The lowest BCUT2D eigenvalue weighted by atomic mass is 10.2. The van der Waals surface area contributed by atoms with Gasteiger partial charge in [-0.15, -0.1) is 0 Å². The van der Waals surface area contributed by atoms with E-state index in [-0.39, 0.29) is 0 Å². The Morgan fingerprint density at radius 1 is 1.18 bits per heavy atom. The number of unbranched alkanes of at least 4 members (excludes halogenated alkanes) is 2. The van der Waals surface area contributed by atoms with Crippen LogP contribution in [-0.2, 0) is 13.8 Å². The first kappa shape index (κ1) is 16.0. The molecule has 0 aliphatic rings. The smallest absolute Gasteiger partial charge is 0.407 e. The van der Waals surface area contributed by atoms with Gasteiger partial charge in [-0.25, -0.2) is 4.79 Å². The van der Waals surface area contributed by atoms with E-state index < -0.39 is 17.7 Å². The van der Waals surface area contributed by atoms with Crippen LogP contribution < -0.4 is 5.32 Å². The van der Waals surface area contributed by atoms with Gasteiger partial charge in [0.2, 0.25) is 0 Å². The molecular weight excluding hydrogens is 246 g/mol.